The lowest BCUT2D eigenvalue weighted by atomic mass is 9.96. The normalized spacial score (nSPS) is 11.6. The first-order valence-corrected chi connectivity index (χ1v) is 10.7. The second-order valence-corrected chi connectivity index (χ2v) is 7.81. The molecule has 0 spiro atoms. The standard InChI is InChI=1S/C27H24N2O5/c1-33-26-13-12-20(15-27(26)34-2)24(28-22-8-5-9-23(16-22)29(31)32)17-25(30)21-11-10-18-6-3-4-7-19(18)14-21/h3-16,24,28H,17H2,1-2H3. The molecule has 4 rings (SSSR count). The van der Waals surface area contributed by atoms with Crippen molar-refractivity contribution in [2.75, 3.05) is 19.5 Å². The van der Waals surface area contributed by atoms with Crippen molar-refractivity contribution in [3.05, 3.63) is 106 Å². The highest BCUT2D eigenvalue weighted by atomic mass is 16.6. The Labute approximate surface area is 197 Å². The quantitative estimate of drug-likeness (QED) is 0.183. The topological polar surface area (TPSA) is 90.7 Å². The highest BCUT2D eigenvalue weighted by molar-refractivity contribution is 6.00. The molecule has 1 atom stereocenters. The van der Waals surface area contributed by atoms with Gasteiger partial charge in [0.2, 0.25) is 0 Å². The van der Waals surface area contributed by atoms with Gasteiger partial charge in [0, 0.05) is 29.8 Å². The highest BCUT2D eigenvalue weighted by Gasteiger charge is 2.20. The lowest BCUT2D eigenvalue weighted by Crippen LogP contribution is -2.16. The summed E-state index contributed by atoms with van der Waals surface area (Å²) in [6, 6.07) is 24.7. The molecule has 0 aromatic heterocycles. The largest absolute Gasteiger partial charge is 0.493 e. The Bertz CT molecular complexity index is 1350. The summed E-state index contributed by atoms with van der Waals surface area (Å²) in [6.45, 7) is 0. The van der Waals surface area contributed by atoms with E-state index in [9.17, 15) is 14.9 Å². The van der Waals surface area contributed by atoms with E-state index in [1.54, 1.807) is 32.4 Å². The molecule has 0 fully saturated rings. The van der Waals surface area contributed by atoms with Gasteiger partial charge in [-0.2, -0.15) is 0 Å². The predicted molar refractivity (Wildman–Crippen MR) is 132 cm³/mol. The van der Waals surface area contributed by atoms with Crippen LogP contribution in [0.1, 0.15) is 28.4 Å². The minimum absolute atomic E-state index is 0.0306. The molecular formula is C27H24N2O5. The zero-order chi connectivity index (χ0) is 24.1. The van der Waals surface area contributed by atoms with Crippen LogP contribution in [-0.4, -0.2) is 24.9 Å². The number of rotatable bonds is 9. The number of benzene rings is 4. The molecule has 0 aliphatic heterocycles. The van der Waals surface area contributed by atoms with Crippen LogP contribution in [0.3, 0.4) is 0 Å². The maximum Gasteiger partial charge on any atom is 0.271 e. The number of nitrogens with zero attached hydrogens (tertiary/aromatic N) is 1. The van der Waals surface area contributed by atoms with Crippen molar-refractivity contribution < 1.29 is 19.2 Å². The van der Waals surface area contributed by atoms with Gasteiger partial charge in [0.1, 0.15) is 0 Å². The van der Waals surface area contributed by atoms with E-state index in [0.29, 0.717) is 22.7 Å². The van der Waals surface area contributed by atoms with Crippen LogP contribution in [0, 0.1) is 10.1 Å². The number of hydrogen-bond donors (Lipinski definition) is 1. The summed E-state index contributed by atoms with van der Waals surface area (Å²) in [4.78, 5) is 24.1. The summed E-state index contributed by atoms with van der Waals surface area (Å²) in [5, 5.41) is 16.6. The van der Waals surface area contributed by atoms with Gasteiger partial charge in [0.25, 0.3) is 5.69 Å². The fourth-order valence-corrected chi connectivity index (χ4v) is 3.90. The van der Waals surface area contributed by atoms with Crippen LogP contribution < -0.4 is 14.8 Å². The average molecular weight is 456 g/mol. The number of methoxy groups -OCH3 is 2. The SMILES string of the molecule is COc1ccc(C(CC(=O)c2ccc3ccccc3c2)Nc2cccc([N+](=O)[O-])c2)cc1OC. The number of nitro groups is 1. The molecule has 4 aromatic rings. The number of anilines is 1. The molecule has 0 bridgehead atoms. The minimum Gasteiger partial charge on any atom is -0.493 e. The van der Waals surface area contributed by atoms with Crippen LogP contribution in [0.25, 0.3) is 10.8 Å². The summed E-state index contributed by atoms with van der Waals surface area (Å²) in [5.41, 5.74) is 1.90. The third kappa shape index (κ3) is 4.99. The predicted octanol–water partition coefficient (Wildman–Crippen LogP) is 6.19. The van der Waals surface area contributed by atoms with Crippen LogP contribution in [0.15, 0.2) is 84.9 Å². The fourth-order valence-electron chi connectivity index (χ4n) is 3.90. The number of ether oxygens (including phenoxy) is 2. The van der Waals surface area contributed by atoms with Crippen molar-refractivity contribution in [1.82, 2.24) is 0 Å². The Balaban J connectivity index is 1.68. The van der Waals surface area contributed by atoms with Gasteiger partial charge in [-0.3, -0.25) is 14.9 Å². The molecule has 0 aliphatic rings. The summed E-state index contributed by atoms with van der Waals surface area (Å²) in [6.07, 6.45) is 0.135. The molecule has 0 heterocycles. The third-order valence-electron chi connectivity index (χ3n) is 5.67. The number of hydrogen-bond acceptors (Lipinski definition) is 6. The number of fused-ring (bicyclic) bond motifs is 1. The molecule has 0 saturated heterocycles. The van der Waals surface area contributed by atoms with Crippen LogP contribution in [0.4, 0.5) is 11.4 Å². The maximum atomic E-state index is 13.3. The Hall–Kier alpha value is -4.39. The van der Waals surface area contributed by atoms with E-state index in [1.807, 2.05) is 54.6 Å². The summed E-state index contributed by atoms with van der Waals surface area (Å²) < 4.78 is 10.8. The molecule has 4 aromatic carbocycles. The number of carbonyl (C=O) groups excluding carboxylic acids is 1. The first-order chi connectivity index (χ1) is 16.5. The minimum atomic E-state index is -0.458. The maximum absolute atomic E-state index is 13.3. The average Bonchev–Trinajstić information content (AvgIpc) is 2.87. The third-order valence-corrected chi connectivity index (χ3v) is 5.67. The van der Waals surface area contributed by atoms with Gasteiger partial charge in [-0.15, -0.1) is 0 Å². The van der Waals surface area contributed by atoms with Crippen molar-refractivity contribution in [2.24, 2.45) is 0 Å². The van der Waals surface area contributed by atoms with Crippen LogP contribution in [0.5, 0.6) is 11.5 Å². The van der Waals surface area contributed by atoms with Crippen molar-refractivity contribution in [1.29, 1.82) is 0 Å². The number of ketones is 1. The molecule has 1 N–H and O–H groups in total. The van der Waals surface area contributed by atoms with Gasteiger partial charge in [0.05, 0.1) is 25.2 Å². The molecule has 0 saturated carbocycles. The van der Waals surface area contributed by atoms with E-state index in [0.717, 1.165) is 16.3 Å². The van der Waals surface area contributed by atoms with Crippen molar-refractivity contribution in [2.45, 2.75) is 12.5 Å². The van der Waals surface area contributed by atoms with Gasteiger partial charge >= 0.3 is 0 Å². The molecule has 0 amide bonds. The molecule has 7 heteroatoms. The summed E-state index contributed by atoms with van der Waals surface area (Å²) in [5.74, 6) is 1.05. The summed E-state index contributed by atoms with van der Waals surface area (Å²) in [7, 11) is 3.10. The molecule has 1 unspecified atom stereocenters. The Morgan fingerprint density at radius 1 is 0.882 bits per heavy atom. The van der Waals surface area contributed by atoms with Gasteiger partial charge < -0.3 is 14.8 Å². The van der Waals surface area contributed by atoms with E-state index in [1.165, 1.54) is 12.1 Å². The first kappa shape index (κ1) is 22.8. The lowest BCUT2D eigenvalue weighted by molar-refractivity contribution is -0.384. The smallest absolute Gasteiger partial charge is 0.271 e. The van der Waals surface area contributed by atoms with E-state index in [-0.39, 0.29) is 17.9 Å². The van der Waals surface area contributed by atoms with Gasteiger partial charge in [-0.1, -0.05) is 48.5 Å². The molecule has 34 heavy (non-hydrogen) atoms. The number of nitro benzene ring substituents is 1. The first-order valence-electron chi connectivity index (χ1n) is 10.7. The second-order valence-electron chi connectivity index (χ2n) is 7.81. The highest BCUT2D eigenvalue weighted by Crippen LogP contribution is 2.33. The number of nitrogens with one attached hydrogen (secondary N) is 1. The monoisotopic (exact) mass is 456 g/mol. The van der Waals surface area contributed by atoms with Gasteiger partial charge in [0.15, 0.2) is 17.3 Å². The molecule has 7 nitrogen and oxygen atoms in total. The van der Waals surface area contributed by atoms with Crippen molar-refractivity contribution in [3.8, 4) is 11.5 Å². The van der Waals surface area contributed by atoms with E-state index >= 15 is 0 Å². The summed E-state index contributed by atoms with van der Waals surface area (Å²) >= 11 is 0. The Morgan fingerprint density at radius 2 is 1.65 bits per heavy atom. The Morgan fingerprint density at radius 3 is 2.38 bits per heavy atom. The number of carbonyl (C=O) groups is 1. The Kier molecular flexibility index (Phi) is 6.73. The van der Waals surface area contributed by atoms with Gasteiger partial charge in [-0.25, -0.2) is 0 Å². The number of non-ortho nitro benzene ring substituents is 1. The number of Topliss-reactive ketones (excluding diaryl/α,β-unsaturated/α-hetero) is 1. The zero-order valence-electron chi connectivity index (χ0n) is 18.9. The zero-order valence-corrected chi connectivity index (χ0v) is 18.9. The fraction of sp³-hybridized carbons (Fsp3) is 0.148. The lowest BCUT2D eigenvalue weighted by Gasteiger charge is -2.21. The van der Waals surface area contributed by atoms with Gasteiger partial charge in [-0.05, 0) is 40.6 Å². The second kappa shape index (κ2) is 10.0. The molecular weight excluding hydrogens is 432 g/mol. The van der Waals surface area contributed by atoms with Crippen LogP contribution >= 0.6 is 0 Å². The van der Waals surface area contributed by atoms with E-state index < -0.39 is 11.0 Å². The van der Waals surface area contributed by atoms with E-state index in [2.05, 4.69) is 5.32 Å². The van der Waals surface area contributed by atoms with Crippen molar-refractivity contribution in [3.63, 3.8) is 0 Å². The van der Waals surface area contributed by atoms with Crippen molar-refractivity contribution >= 4 is 27.9 Å². The van der Waals surface area contributed by atoms with E-state index in [4.69, 9.17) is 9.47 Å². The molecule has 0 aliphatic carbocycles. The van der Waals surface area contributed by atoms with Crippen LogP contribution in [0.2, 0.25) is 0 Å². The van der Waals surface area contributed by atoms with Crippen LogP contribution in [-0.2, 0) is 0 Å². The molecule has 0 radical (unpaired) electrons. The molecule has 172 valence electrons.